The second-order valence-corrected chi connectivity index (χ2v) is 8.49. The van der Waals surface area contributed by atoms with Crippen molar-refractivity contribution in [1.29, 1.82) is 0 Å². The summed E-state index contributed by atoms with van der Waals surface area (Å²) in [5.41, 5.74) is 9.31. The van der Waals surface area contributed by atoms with Crippen molar-refractivity contribution in [1.82, 2.24) is 0 Å². The summed E-state index contributed by atoms with van der Waals surface area (Å²) in [6, 6.07) is 0. The molecule has 0 aromatic heterocycles. The van der Waals surface area contributed by atoms with Crippen molar-refractivity contribution in [3.05, 3.63) is 56.4 Å². The van der Waals surface area contributed by atoms with E-state index in [1.54, 1.807) is 6.92 Å². The van der Waals surface area contributed by atoms with Gasteiger partial charge in [-0.25, -0.2) is 0 Å². The van der Waals surface area contributed by atoms with Gasteiger partial charge < -0.3 is 9.42 Å². The van der Waals surface area contributed by atoms with Crippen molar-refractivity contribution in [2.45, 2.75) is 69.2 Å². The Kier molecular flexibility index (Phi) is 8.91. The van der Waals surface area contributed by atoms with Crippen LogP contribution in [-0.4, -0.2) is 6.66 Å². The lowest BCUT2D eigenvalue weighted by molar-refractivity contribution is -0.193. The molecule has 0 fully saturated rings. The summed E-state index contributed by atoms with van der Waals surface area (Å²) in [4.78, 5) is 11.4. The van der Waals surface area contributed by atoms with Crippen molar-refractivity contribution in [2.24, 2.45) is 0 Å². The topological polar surface area (TPSA) is 49.4 Å². The Labute approximate surface area is 154 Å². The molecule has 0 aliphatic carbocycles. The molecule has 4 heteroatoms. The Bertz CT molecular complexity index is 722. The molecular weight excluding hydrogens is 331 g/mol. The van der Waals surface area contributed by atoms with Crippen LogP contribution < -0.4 is 4.89 Å². The molecule has 142 valence electrons. The minimum absolute atomic E-state index is 0.427. The van der Waals surface area contributed by atoms with E-state index in [0.29, 0.717) is 5.76 Å². The lowest BCUT2D eigenvalue weighted by atomic mass is 9.90. The molecule has 1 unspecified atom stereocenters. The SMILES string of the molecule is C/C=C(C)/C(C)=C(C)\C(C)=C(C)/C(C)=C(C)/C(C)=C(\C)OP(C)(=O)[O-]. The summed E-state index contributed by atoms with van der Waals surface area (Å²) in [6.45, 7) is 21.4. The van der Waals surface area contributed by atoms with Gasteiger partial charge in [0.1, 0.15) is 5.76 Å². The molecule has 0 aromatic carbocycles. The average molecular weight is 365 g/mol. The van der Waals surface area contributed by atoms with E-state index in [0.717, 1.165) is 23.4 Å². The van der Waals surface area contributed by atoms with Gasteiger partial charge in [-0.1, -0.05) is 11.6 Å². The van der Waals surface area contributed by atoms with Crippen molar-refractivity contribution < 1.29 is 14.0 Å². The van der Waals surface area contributed by atoms with Crippen LogP contribution >= 0.6 is 7.60 Å². The molecule has 0 aromatic rings. The minimum atomic E-state index is -3.79. The molecule has 3 nitrogen and oxygen atoms in total. The van der Waals surface area contributed by atoms with E-state index in [1.807, 2.05) is 20.8 Å². The van der Waals surface area contributed by atoms with Crippen molar-refractivity contribution in [3.8, 4) is 0 Å². The Morgan fingerprint density at radius 1 is 0.720 bits per heavy atom. The zero-order chi connectivity index (χ0) is 20.1. The molecule has 0 saturated carbocycles. The molecule has 0 aliphatic heterocycles. The third-order valence-corrected chi connectivity index (χ3v) is 5.84. The van der Waals surface area contributed by atoms with Gasteiger partial charge in [-0.15, -0.1) is 0 Å². The van der Waals surface area contributed by atoms with Crippen LogP contribution in [0.4, 0.5) is 0 Å². The van der Waals surface area contributed by atoms with Crippen LogP contribution in [0.1, 0.15) is 69.2 Å². The highest BCUT2D eigenvalue weighted by molar-refractivity contribution is 7.50. The molecule has 0 rings (SSSR count). The van der Waals surface area contributed by atoms with E-state index in [4.69, 9.17) is 4.52 Å². The van der Waals surface area contributed by atoms with E-state index in [1.165, 1.54) is 27.9 Å². The van der Waals surface area contributed by atoms with Crippen LogP contribution in [0.25, 0.3) is 0 Å². The number of hydrogen-bond donors (Lipinski definition) is 0. The van der Waals surface area contributed by atoms with Gasteiger partial charge in [-0.05, 0) is 108 Å². The van der Waals surface area contributed by atoms with Gasteiger partial charge in [-0.2, -0.15) is 0 Å². The fraction of sp³-hybridized carbons (Fsp3) is 0.524. The quantitative estimate of drug-likeness (QED) is 0.308. The van der Waals surface area contributed by atoms with Crippen molar-refractivity contribution >= 4 is 7.60 Å². The van der Waals surface area contributed by atoms with E-state index >= 15 is 0 Å². The largest absolute Gasteiger partial charge is 0.769 e. The van der Waals surface area contributed by atoms with Crippen molar-refractivity contribution in [2.75, 3.05) is 6.66 Å². The molecule has 0 radical (unpaired) electrons. The van der Waals surface area contributed by atoms with Crippen LogP contribution in [0.15, 0.2) is 56.4 Å². The normalized spacial score (nSPS) is 19.3. The highest BCUT2D eigenvalue weighted by atomic mass is 31.2. The van der Waals surface area contributed by atoms with Gasteiger partial charge >= 0.3 is 0 Å². The Balaban J connectivity index is 6.15. The predicted octanol–water partition coefficient (Wildman–Crippen LogP) is 6.46. The highest BCUT2D eigenvalue weighted by Gasteiger charge is 2.11. The first-order chi connectivity index (χ1) is 11.2. The molecule has 1 atom stereocenters. The Morgan fingerprint density at radius 3 is 1.36 bits per heavy atom. The number of hydrogen-bond acceptors (Lipinski definition) is 3. The van der Waals surface area contributed by atoms with Crippen LogP contribution in [0, 0.1) is 0 Å². The molecule has 0 heterocycles. The van der Waals surface area contributed by atoms with E-state index < -0.39 is 7.60 Å². The lowest BCUT2D eigenvalue weighted by Gasteiger charge is -2.22. The summed E-state index contributed by atoms with van der Waals surface area (Å²) >= 11 is 0. The number of rotatable bonds is 6. The van der Waals surface area contributed by atoms with Gasteiger partial charge in [0.25, 0.3) is 0 Å². The molecule has 0 amide bonds. The molecule has 0 bridgehead atoms. The average Bonchev–Trinajstić information content (AvgIpc) is 2.54. The summed E-state index contributed by atoms with van der Waals surface area (Å²) in [5.74, 6) is 0.427. The second kappa shape index (κ2) is 9.40. The molecule has 0 aliphatic rings. The smallest absolute Gasteiger partial charge is 0.181 e. The second-order valence-electron chi connectivity index (χ2n) is 6.77. The first-order valence-corrected chi connectivity index (χ1v) is 10.6. The fourth-order valence-corrected chi connectivity index (χ4v) is 3.13. The third-order valence-electron chi connectivity index (χ3n) is 5.23. The van der Waals surface area contributed by atoms with E-state index in [9.17, 15) is 9.46 Å². The molecule has 0 N–H and O–H groups in total. The monoisotopic (exact) mass is 365 g/mol. The maximum atomic E-state index is 11.4. The fourth-order valence-electron chi connectivity index (χ4n) is 2.50. The molecule has 0 saturated heterocycles. The van der Waals surface area contributed by atoms with Gasteiger partial charge in [0.2, 0.25) is 0 Å². The number of allylic oxidation sites excluding steroid dienone is 10. The molecule has 25 heavy (non-hydrogen) atoms. The maximum Gasteiger partial charge on any atom is 0.181 e. The summed E-state index contributed by atoms with van der Waals surface area (Å²) < 4.78 is 16.4. The first-order valence-electron chi connectivity index (χ1n) is 8.57. The van der Waals surface area contributed by atoms with Gasteiger partial charge in [-0.3, -0.25) is 4.57 Å². The van der Waals surface area contributed by atoms with Crippen LogP contribution in [0.3, 0.4) is 0 Å². The summed E-state index contributed by atoms with van der Waals surface area (Å²) in [5, 5.41) is 0. The zero-order valence-corrected chi connectivity index (χ0v) is 18.6. The van der Waals surface area contributed by atoms with E-state index in [-0.39, 0.29) is 0 Å². The molecular formula is C21H34O3P-. The van der Waals surface area contributed by atoms with Gasteiger partial charge in [0, 0.05) is 6.66 Å². The minimum Gasteiger partial charge on any atom is -0.769 e. The van der Waals surface area contributed by atoms with Gasteiger partial charge in [0.15, 0.2) is 7.60 Å². The van der Waals surface area contributed by atoms with Crippen molar-refractivity contribution in [3.63, 3.8) is 0 Å². The first kappa shape index (κ1) is 23.7. The van der Waals surface area contributed by atoms with Crippen LogP contribution in [0.5, 0.6) is 0 Å². The Morgan fingerprint density at radius 2 is 1.04 bits per heavy atom. The standard InChI is InChI=1S/C21H35O3P/c1-12-13(2)14(3)15(4)16(5)17(6)18(7)19(8)20(9)21(10)24-25(11,22)23/h12H,1-11H3,(H,22,23)/p-1/b13-12+,15-14-,17-16-,19-18+,21-20+. The highest BCUT2D eigenvalue weighted by Crippen LogP contribution is 2.37. The summed E-state index contributed by atoms with van der Waals surface area (Å²) in [6.07, 6.45) is 2.12. The van der Waals surface area contributed by atoms with Crippen LogP contribution in [-0.2, 0) is 9.09 Å². The predicted molar refractivity (Wildman–Crippen MR) is 108 cm³/mol. The summed E-state index contributed by atoms with van der Waals surface area (Å²) in [7, 11) is -3.79. The zero-order valence-electron chi connectivity index (χ0n) is 17.7. The maximum absolute atomic E-state index is 11.4. The lowest BCUT2D eigenvalue weighted by Crippen LogP contribution is -2.03. The Hall–Kier alpha value is -1.31. The molecule has 0 spiro atoms. The van der Waals surface area contributed by atoms with Crippen LogP contribution in [0.2, 0.25) is 0 Å². The van der Waals surface area contributed by atoms with E-state index in [2.05, 4.69) is 47.6 Å². The third kappa shape index (κ3) is 6.84. The van der Waals surface area contributed by atoms with Gasteiger partial charge in [0.05, 0.1) is 0 Å².